The van der Waals surface area contributed by atoms with Crippen LogP contribution in [0.1, 0.15) is 6.92 Å². The van der Waals surface area contributed by atoms with Crippen LogP contribution >= 0.6 is 11.6 Å². The predicted molar refractivity (Wildman–Crippen MR) is 65.7 cm³/mol. The standard InChI is InChI=1S/C12H16ClFN2/c1-2-15-5-7-16(8-6-15)12-4-3-10(14)9-11(12)13/h3-4,9H,2,5-8H2,1H3. The Balaban J connectivity index is 2.08. The van der Waals surface area contributed by atoms with Crippen LogP contribution in [0.2, 0.25) is 5.02 Å². The van der Waals surface area contributed by atoms with Gasteiger partial charge < -0.3 is 9.80 Å². The van der Waals surface area contributed by atoms with Gasteiger partial charge in [-0.15, -0.1) is 0 Å². The van der Waals surface area contributed by atoms with Crippen LogP contribution in [-0.2, 0) is 0 Å². The fourth-order valence-electron chi connectivity index (χ4n) is 2.04. The molecule has 1 heterocycles. The largest absolute Gasteiger partial charge is 0.368 e. The highest BCUT2D eigenvalue weighted by Gasteiger charge is 2.17. The summed E-state index contributed by atoms with van der Waals surface area (Å²) >= 11 is 6.04. The van der Waals surface area contributed by atoms with Crippen LogP contribution < -0.4 is 4.90 Å². The molecule has 0 saturated carbocycles. The van der Waals surface area contributed by atoms with Crippen LogP contribution in [0.3, 0.4) is 0 Å². The lowest BCUT2D eigenvalue weighted by molar-refractivity contribution is 0.271. The van der Waals surface area contributed by atoms with Crippen molar-refractivity contribution < 1.29 is 4.39 Å². The van der Waals surface area contributed by atoms with Gasteiger partial charge in [-0.3, -0.25) is 0 Å². The Morgan fingerprint density at radius 2 is 1.94 bits per heavy atom. The second-order valence-electron chi connectivity index (χ2n) is 4.02. The molecule has 16 heavy (non-hydrogen) atoms. The summed E-state index contributed by atoms with van der Waals surface area (Å²) in [6, 6.07) is 4.61. The summed E-state index contributed by atoms with van der Waals surface area (Å²) in [6.45, 7) is 7.26. The first kappa shape index (κ1) is 11.7. The minimum atomic E-state index is -0.277. The van der Waals surface area contributed by atoms with E-state index in [1.54, 1.807) is 6.07 Å². The van der Waals surface area contributed by atoms with Gasteiger partial charge in [-0.2, -0.15) is 0 Å². The van der Waals surface area contributed by atoms with E-state index in [0.717, 1.165) is 38.4 Å². The summed E-state index contributed by atoms with van der Waals surface area (Å²) in [5.74, 6) is -0.277. The van der Waals surface area contributed by atoms with E-state index < -0.39 is 0 Å². The predicted octanol–water partition coefficient (Wildman–Crippen LogP) is 2.62. The molecule has 0 spiro atoms. The van der Waals surface area contributed by atoms with Crippen LogP contribution in [0.5, 0.6) is 0 Å². The van der Waals surface area contributed by atoms with Crippen molar-refractivity contribution in [1.82, 2.24) is 4.90 Å². The molecule has 0 aliphatic carbocycles. The Morgan fingerprint density at radius 1 is 1.25 bits per heavy atom. The van der Waals surface area contributed by atoms with Crippen molar-refractivity contribution in [3.63, 3.8) is 0 Å². The van der Waals surface area contributed by atoms with E-state index in [2.05, 4.69) is 16.7 Å². The second-order valence-corrected chi connectivity index (χ2v) is 4.42. The Labute approximate surface area is 101 Å². The van der Waals surface area contributed by atoms with Crippen LogP contribution in [0.15, 0.2) is 18.2 Å². The molecule has 0 amide bonds. The average molecular weight is 243 g/mol. The van der Waals surface area contributed by atoms with Gasteiger partial charge in [0.05, 0.1) is 10.7 Å². The molecule has 0 unspecified atom stereocenters. The van der Waals surface area contributed by atoms with Crippen LogP contribution in [0.4, 0.5) is 10.1 Å². The number of hydrogen-bond donors (Lipinski definition) is 0. The summed E-state index contributed by atoms with van der Waals surface area (Å²) in [7, 11) is 0. The molecule has 0 bridgehead atoms. The number of piperazine rings is 1. The van der Waals surface area contributed by atoms with E-state index in [1.165, 1.54) is 12.1 Å². The molecule has 1 saturated heterocycles. The smallest absolute Gasteiger partial charge is 0.124 e. The lowest BCUT2D eigenvalue weighted by Crippen LogP contribution is -2.46. The van der Waals surface area contributed by atoms with Crippen molar-refractivity contribution in [3.05, 3.63) is 29.0 Å². The highest BCUT2D eigenvalue weighted by atomic mass is 35.5. The van der Waals surface area contributed by atoms with Gasteiger partial charge in [-0.1, -0.05) is 18.5 Å². The van der Waals surface area contributed by atoms with Gasteiger partial charge in [0.15, 0.2) is 0 Å². The molecule has 2 rings (SSSR count). The third-order valence-corrected chi connectivity index (χ3v) is 3.37. The van der Waals surface area contributed by atoms with Gasteiger partial charge >= 0.3 is 0 Å². The maximum Gasteiger partial charge on any atom is 0.124 e. The monoisotopic (exact) mass is 242 g/mol. The van der Waals surface area contributed by atoms with Crippen LogP contribution in [0.25, 0.3) is 0 Å². The number of hydrogen-bond acceptors (Lipinski definition) is 2. The van der Waals surface area contributed by atoms with E-state index in [9.17, 15) is 4.39 Å². The average Bonchev–Trinajstić information content (AvgIpc) is 2.29. The number of benzene rings is 1. The third kappa shape index (κ3) is 2.47. The molecular weight excluding hydrogens is 227 g/mol. The molecule has 4 heteroatoms. The number of rotatable bonds is 2. The van der Waals surface area contributed by atoms with E-state index in [-0.39, 0.29) is 5.82 Å². The molecule has 1 aromatic rings. The van der Waals surface area contributed by atoms with Crippen molar-refractivity contribution in [1.29, 1.82) is 0 Å². The van der Waals surface area contributed by atoms with Gasteiger partial charge in [-0.25, -0.2) is 4.39 Å². The quantitative estimate of drug-likeness (QED) is 0.787. The van der Waals surface area contributed by atoms with Crippen molar-refractivity contribution in [3.8, 4) is 0 Å². The van der Waals surface area contributed by atoms with Gasteiger partial charge in [0.25, 0.3) is 0 Å². The highest BCUT2D eigenvalue weighted by Crippen LogP contribution is 2.27. The first-order chi connectivity index (χ1) is 7.70. The fraction of sp³-hybridized carbons (Fsp3) is 0.500. The Bertz CT molecular complexity index is 362. The zero-order chi connectivity index (χ0) is 11.5. The maximum absolute atomic E-state index is 12.9. The van der Waals surface area contributed by atoms with E-state index >= 15 is 0 Å². The summed E-state index contributed by atoms with van der Waals surface area (Å²) in [4.78, 5) is 4.61. The summed E-state index contributed by atoms with van der Waals surface area (Å²) < 4.78 is 12.9. The molecule has 0 radical (unpaired) electrons. The molecule has 0 N–H and O–H groups in total. The van der Waals surface area contributed by atoms with Gasteiger partial charge in [0.1, 0.15) is 5.82 Å². The van der Waals surface area contributed by atoms with E-state index in [1.807, 2.05) is 0 Å². The minimum Gasteiger partial charge on any atom is -0.368 e. The summed E-state index contributed by atoms with van der Waals surface area (Å²) in [5.41, 5.74) is 0.943. The molecule has 1 aliphatic rings. The molecule has 2 nitrogen and oxygen atoms in total. The SMILES string of the molecule is CCN1CCN(c2ccc(F)cc2Cl)CC1. The van der Waals surface area contributed by atoms with Crippen LogP contribution in [-0.4, -0.2) is 37.6 Å². The zero-order valence-electron chi connectivity index (χ0n) is 9.42. The Morgan fingerprint density at radius 3 is 2.50 bits per heavy atom. The fourth-order valence-corrected chi connectivity index (χ4v) is 2.33. The van der Waals surface area contributed by atoms with Crippen LogP contribution in [0, 0.1) is 5.82 Å². The molecule has 0 atom stereocenters. The molecule has 1 aliphatic heterocycles. The molecule has 1 fully saturated rings. The zero-order valence-corrected chi connectivity index (χ0v) is 10.2. The Kier molecular flexibility index (Phi) is 3.66. The van der Waals surface area contributed by atoms with Gasteiger partial charge in [-0.05, 0) is 24.7 Å². The molecule has 0 aromatic heterocycles. The number of anilines is 1. The van der Waals surface area contributed by atoms with Gasteiger partial charge in [0, 0.05) is 26.2 Å². The van der Waals surface area contributed by atoms with E-state index in [0.29, 0.717) is 5.02 Å². The maximum atomic E-state index is 12.9. The first-order valence-electron chi connectivity index (χ1n) is 5.63. The molecular formula is C12H16ClFN2. The third-order valence-electron chi connectivity index (χ3n) is 3.07. The number of nitrogens with zero attached hydrogens (tertiary/aromatic N) is 2. The second kappa shape index (κ2) is 5.02. The van der Waals surface area contributed by atoms with Crippen molar-refractivity contribution in [2.24, 2.45) is 0 Å². The first-order valence-corrected chi connectivity index (χ1v) is 6.01. The Hall–Kier alpha value is -0.800. The normalized spacial score (nSPS) is 17.8. The van der Waals surface area contributed by atoms with E-state index in [4.69, 9.17) is 11.6 Å². The molecule has 88 valence electrons. The highest BCUT2D eigenvalue weighted by molar-refractivity contribution is 6.33. The van der Waals surface area contributed by atoms with Gasteiger partial charge in [0.2, 0.25) is 0 Å². The summed E-state index contributed by atoms with van der Waals surface area (Å²) in [6.07, 6.45) is 0. The molecule has 1 aromatic carbocycles. The number of likely N-dealkylation sites (N-methyl/N-ethyl adjacent to an activating group) is 1. The number of halogens is 2. The van der Waals surface area contributed by atoms with Crippen molar-refractivity contribution in [2.45, 2.75) is 6.92 Å². The van der Waals surface area contributed by atoms with Crippen molar-refractivity contribution in [2.75, 3.05) is 37.6 Å². The lowest BCUT2D eigenvalue weighted by atomic mass is 10.2. The lowest BCUT2D eigenvalue weighted by Gasteiger charge is -2.35. The van der Waals surface area contributed by atoms with Crippen molar-refractivity contribution >= 4 is 17.3 Å². The minimum absolute atomic E-state index is 0.277. The topological polar surface area (TPSA) is 6.48 Å². The summed E-state index contributed by atoms with van der Waals surface area (Å²) in [5, 5.41) is 0.505.